The summed E-state index contributed by atoms with van der Waals surface area (Å²) in [7, 11) is 4.15. The summed E-state index contributed by atoms with van der Waals surface area (Å²) in [4.78, 5) is 2.13. The van der Waals surface area contributed by atoms with Crippen molar-refractivity contribution in [1.29, 1.82) is 0 Å². The van der Waals surface area contributed by atoms with Crippen molar-refractivity contribution in [2.75, 3.05) is 24.3 Å². The van der Waals surface area contributed by atoms with Crippen LogP contribution in [0.2, 0.25) is 0 Å². The molecule has 2 aromatic carbocycles. The molecule has 3 rings (SSSR count). The van der Waals surface area contributed by atoms with Gasteiger partial charge in [-0.05, 0) is 42.2 Å². The van der Waals surface area contributed by atoms with E-state index in [9.17, 15) is 0 Å². The van der Waals surface area contributed by atoms with E-state index >= 15 is 0 Å². The van der Waals surface area contributed by atoms with Gasteiger partial charge in [-0.2, -0.15) is 0 Å². The van der Waals surface area contributed by atoms with E-state index < -0.39 is 0 Å². The zero-order valence-corrected chi connectivity index (χ0v) is 11.6. The van der Waals surface area contributed by atoms with Gasteiger partial charge in [0, 0.05) is 25.5 Å². The number of para-hydroxylation sites is 1. The van der Waals surface area contributed by atoms with Crippen LogP contribution in [0.15, 0.2) is 48.5 Å². The second-order valence-electron chi connectivity index (χ2n) is 5.38. The van der Waals surface area contributed by atoms with Crippen molar-refractivity contribution >= 4 is 11.4 Å². The molecule has 0 amide bonds. The van der Waals surface area contributed by atoms with Crippen molar-refractivity contribution < 1.29 is 0 Å². The minimum atomic E-state index is 0.436. The minimum Gasteiger partial charge on any atom is -0.378 e. The molecular weight excluding hydrogens is 232 g/mol. The first-order chi connectivity index (χ1) is 9.24. The third-order valence-electron chi connectivity index (χ3n) is 3.86. The maximum Gasteiger partial charge on any atom is 0.0517 e. The van der Waals surface area contributed by atoms with Crippen LogP contribution >= 0.6 is 0 Å². The van der Waals surface area contributed by atoms with Gasteiger partial charge in [-0.25, -0.2) is 0 Å². The first kappa shape index (κ1) is 12.1. The maximum absolute atomic E-state index is 3.65. The number of fused-ring (bicyclic) bond motifs is 1. The molecule has 0 radical (unpaired) electrons. The molecule has 0 spiro atoms. The van der Waals surface area contributed by atoms with E-state index in [0.717, 1.165) is 6.42 Å². The van der Waals surface area contributed by atoms with E-state index in [0.29, 0.717) is 6.04 Å². The van der Waals surface area contributed by atoms with E-state index in [2.05, 4.69) is 72.8 Å². The first-order valence-corrected chi connectivity index (χ1v) is 6.86. The number of aryl methyl sites for hydroxylation is 1. The standard InChI is InChI=1S/C17H20N2/c1-19(2)15-10-7-14(8-11-15)17-12-9-13-5-3-4-6-16(13)18-17/h3-8,10-11,17-18H,9,12H2,1-2H3/t17-/m1/s1. The summed E-state index contributed by atoms with van der Waals surface area (Å²) >= 11 is 0. The molecule has 0 fully saturated rings. The fourth-order valence-electron chi connectivity index (χ4n) is 2.69. The van der Waals surface area contributed by atoms with Crippen LogP contribution in [-0.2, 0) is 6.42 Å². The van der Waals surface area contributed by atoms with Crippen molar-refractivity contribution in [1.82, 2.24) is 0 Å². The van der Waals surface area contributed by atoms with E-state index in [4.69, 9.17) is 0 Å². The van der Waals surface area contributed by atoms with Crippen LogP contribution in [0.3, 0.4) is 0 Å². The Bertz CT molecular complexity index is 558. The summed E-state index contributed by atoms with van der Waals surface area (Å²) < 4.78 is 0. The minimum absolute atomic E-state index is 0.436. The zero-order chi connectivity index (χ0) is 13.2. The third kappa shape index (κ3) is 2.43. The lowest BCUT2D eigenvalue weighted by Gasteiger charge is -2.27. The number of anilines is 2. The topological polar surface area (TPSA) is 15.3 Å². The second-order valence-corrected chi connectivity index (χ2v) is 5.38. The van der Waals surface area contributed by atoms with Crippen LogP contribution in [0.1, 0.15) is 23.6 Å². The van der Waals surface area contributed by atoms with Crippen LogP contribution < -0.4 is 10.2 Å². The molecule has 2 aromatic rings. The van der Waals surface area contributed by atoms with Crippen LogP contribution in [0, 0.1) is 0 Å². The first-order valence-electron chi connectivity index (χ1n) is 6.86. The number of nitrogens with one attached hydrogen (secondary N) is 1. The average Bonchev–Trinajstić information content (AvgIpc) is 2.47. The quantitative estimate of drug-likeness (QED) is 0.873. The Hall–Kier alpha value is -1.96. The predicted octanol–water partition coefficient (Wildman–Crippen LogP) is 3.85. The van der Waals surface area contributed by atoms with E-state index in [1.807, 2.05) is 0 Å². The molecule has 0 bridgehead atoms. The highest BCUT2D eigenvalue weighted by atomic mass is 15.1. The molecule has 0 saturated carbocycles. The summed E-state index contributed by atoms with van der Waals surface area (Å²) in [6, 6.07) is 17.9. The summed E-state index contributed by atoms with van der Waals surface area (Å²) in [5, 5.41) is 3.65. The number of benzene rings is 2. The van der Waals surface area contributed by atoms with Crippen molar-refractivity contribution in [3.63, 3.8) is 0 Å². The lowest BCUT2D eigenvalue weighted by atomic mass is 9.93. The Labute approximate surface area is 115 Å². The van der Waals surface area contributed by atoms with Crippen LogP contribution in [-0.4, -0.2) is 14.1 Å². The number of nitrogens with zero attached hydrogens (tertiary/aromatic N) is 1. The van der Waals surface area contributed by atoms with Gasteiger partial charge >= 0.3 is 0 Å². The summed E-state index contributed by atoms with van der Waals surface area (Å²) in [5.74, 6) is 0. The predicted molar refractivity (Wildman–Crippen MR) is 81.9 cm³/mol. The molecule has 1 aliphatic rings. The highest BCUT2D eigenvalue weighted by Crippen LogP contribution is 2.32. The smallest absolute Gasteiger partial charge is 0.0517 e. The van der Waals surface area contributed by atoms with Gasteiger partial charge in [-0.15, -0.1) is 0 Å². The molecule has 1 atom stereocenters. The van der Waals surface area contributed by atoms with E-state index in [-0.39, 0.29) is 0 Å². The molecule has 19 heavy (non-hydrogen) atoms. The second kappa shape index (κ2) is 4.96. The summed E-state index contributed by atoms with van der Waals surface area (Å²) in [5.41, 5.74) is 5.35. The van der Waals surface area contributed by atoms with Crippen LogP contribution in [0.5, 0.6) is 0 Å². The van der Waals surface area contributed by atoms with Crippen molar-refractivity contribution in [3.8, 4) is 0 Å². The molecular formula is C17H20N2. The summed E-state index contributed by atoms with van der Waals surface area (Å²) in [6.45, 7) is 0. The molecule has 0 aliphatic carbocycles. The van der Waals surface area contributed by atoms with Gasteiger partial charge in [0.2, 0.25) is 0 Å². The molecule has 0 aromatic heterocycles. The van der Waals surface area contributed by atoms with Crippen molar-refractivity contribution in [2.24, 2.45) is 0 Å². The SMILES string of the molecule is CN(C)c1ccc([C@H]2CCc3ccccc3N2)cc1. The number of hydrogen-bond donors (Lipinski definition) is 1. The van der Waals surface area contributed by atoms with E-state index in [1.165, 1.54) is 28.9 Å². The number of hydrogen-bond acceptors (Lipinski definition) is 2. The van der Waals surface area contributed by atoms with Crippen LogP contribution in [0.25, 0.3) is 0 Å². The molecule has 0 saturated heterocycles. The molecule has 1 N–H and O–H groups in total. The van der Waals surface area contributed by atoms with Gasteiger partial charge in [0.05, 0.1) is 6.04 Å². The fraction of sp³-hybridized carbons (Fsp3) is 0.294. The lowest BCUT2D eigenvalue weighted by Crippen LogP contribution is -2.18. The fourth-order valence-corrected chi connectivity index (χ4v) is 2.69. The highest BCUT2D eigenvalue weighted by Gasteiger charge is 2.18. The van der Waals surface area contributed by atoms with E-state index in [1.54, 1.807) is 0 Å². The maximum atomic E-state index is 3.65. The van der Waals surface area contributed by atoms with Gasteiger partial charge in [0.15, 0.2) is 0 Å². The third-order valence-corrected chi connectivity index (χ3v) is 3.86. The number of rotatable bonds is 2. The van der Waals surface area contributed by atoms with Crippen molar-refractivity contribution in [3.05, 3.63) is 59.7 Å². The molecule has 2 heteroatoms. The van der Waals surface area contributed by atoms with Gasteiger partial charge < -0.3 is 10.2 Å². The Kier molecular flexibility index (Phi) is 3.16. The lowest BCUT2D eigenvalue weighted by molar-refractivity contribution is 0.668. The molecule has 1 heterocycles. The Morgan fingerprint density at radius 2 is 1.74 bits per heavy atom. The molecule has 2 nitrogen and oxygen atoms in total. The van der Waals surface area contributed by atoms with Gasteiger partial charge in [-0.3, -0.25) is 0 Å². The average molecular weight is 252 g/mol. The Balaban J connectivity index is 1.81. The highest BCUT2D eigenvalue weighted by molar-refractivity contribution is 5.55. The van der Waals surface area contributed by atoms with Gasteiger partial charge in [-0.1, -0.05) is 30.3 Å². The van der Waals surface area contributed by atoms with Crippen molar-refractivity contribution in [2.45, 2.75) is 18.9 Å². The molecule has 1 aliphatic heterocycles. The normalized spacial score (nSPS) is 17.5. The largest absolute Gasteiger partial charge is 0.378 e. The Morgan fingerprint density at radius 1 is 1.00 bits per heavy atom. The monoisotopic (exact) mass is 252 g/mol. The molecule has 0 unspecified atom stereocenters. The summed E-state index contributed by atoms with van der Waals surface area (Å²) in [6.07, 6.45) is 2.32. The zero-order valence-electron chi connectivity index (χ0n) is 11.6. The van der Waals surface area contributed by atoms with Crippen LogP contribution in [0.4, 0.5) is 11.4 Å². The Morgan fingerprint density at radius 3 is 2.47 bits per heavy atom. The van der Waals surface area contributed by atoms with Gasteiger partial charge in [0.1, 0.15) is 0 Å². The molecule has 98 valence electrons. The van der Waals surface area contributed by atoms with Gasteiger partial charge in [0.25, 0.3) is 0 Å².